The second kappa shape index (κ2) is 6.87. The molecule has 0 atom stereocenters. The molecule has 2 aromatic heterocycles. The van der Waals surface area contributed by atoms with E-state index < -0.39 is 10.0 Å². The zero-order valence-electron chi connectivity index (χ0n) is 10.7. The largest absolute Gasteiger partial charge is 0.369 e. The molecule has 0 aliphatic heterocycles. The Kier molecular flexibility index (Phi) is 5.14. The Morgan fingerprint density at radius 2 is 2.10 bits per heavy atom. The normalized spacial score (nSPS) is 11.0. The fourth-order valence-electron chi connectivity index (χ4n) is 1.48. The highest BCUT2D eigenvalue weighted by Gasteiger charge is 2.15. The average molecular weight is 343 g/mol. The molecule has 2 N–H and O–H groups in total. The van der Waals surface area contributed by atoms with E-state index in [-0.39, 0.29) is 10.8 Å². The van der Waals surface area contributed by atoms with Crippen molar-refractivity contribution in [3.05, 3.63) is 40.4 Å². The number of sulfonamides is 1. The number of anilines is 1. The molecule has 0 spiro atoms. The zero-order chi connectivity index (χ0) is 15.3. The minimum atomic E-state index is -3.54. The molecule has 0 fully saturated rings. The summed E-state index contributed by atoms with van der Waals surface area (Å²) in [4.78, 5) is 4.02. The van der Waals surface area contributed by atoms with Crippen LogP contribution in [0, 0.1) is 11.3 Å². The van der Waals surface area contributed by atoms with E-state index in [9.17, 15) is 8.42 Å². The highest BCUT2D eigenvalue weighted by Crippen LogP contribution is 2.25. The van der Waals surface area contributed by atoms with Crippen molar-refractivity contribution in [1.82, 2.24) is 9.71 Å². The molecule has 0 amide bonds. The number of hydrogen-bond acceptors (Lipinski definition) is 6. The highest BCUT2D eigenvalue weighted by atomic mass is 35.5. The van der Waals surface area contributed by atoms with Crippen molar-refractivity contribution in [1.29, 1.82) is 5.26 Å². The van der Waals surface area contributed by atoms with Crippen molar-refractivity contribution in [3.63, 3.8) is 0 Å². The lowest BCUT2D eigenvalue weighted by Gasteiger charge is -2.07. The molecule has 0 aliphatic rings. The smallest absolute Gasteiger partial charge is 0.250 e. The van der Waals surface area contributed by atoms with Crippen molar-refractivity contribution < 1.29 is 8.42 Å². The van der Waals surface area contributed by atoms with Gasteiger partial charge in [-0.1, -0.05) is 17.7 Å². The Hall–Kier alpha value is -1.66. The lowest BCUT2D eigenvalue weighted by Crippen LogP contribution is -2.28. The number of halogens is 1. The summed E-state index contributed by atoms with van der Waals surface area (Å²) in [6, 6.07) is 9.92. The monoisotopic (exact) mass is 342 g/mol. The number of nitriles is 1. The van der Waals surface area contributed by atoms with E-state index in [0.29, 0.717) is 22.4 Å². The number of rotatable bonds is 6. The molecular weight excluding hydrogens is 332 g/mol. The molecule has 21 heavy (non-hydrogen) atoms. The zero-order valence-corrected chi connectivity index (χ0v) is 13.1. The van der Waals surface area contributed by atoms with Crippen LogP contribution < -0.4 is 10.0 Å². The summed E-state index contributed by atoms with van der Waals surface area (Å²) in [7, 11) is -3.54. The Labute approximate surface area is 131 Å². The topological polar surface area (TPSA) is 94.9 Å². The highest BCUT2D eigenvalue weighted by molar-refractivity contribution is 7.91. The summed E-state index contributed by atoms with van der Waals surface area (Å²) in [5.74, 6) is 0.521. The lowest BCUT2D eigenvalue weighted by molar-refractivity contribution is 0.585. The Morgan fingerprint density at radius 1 is 1.29 bits per heavy atom. The first-order chi connectivity index (χ1) is 10.0. The van der Waals surface area contributed by atoms with Crippen LogP contribution >= 0.6 is 22.9 Å². The molecule has 0 saturated carbocycles. The molecular formula is C12H11ClN4O2S2. The van der Waals surface area contributed by atoms with Gasteiger partial charge in [0.25, 0.3) is 0 Å². The summed E-state index contributed by atoms with van der Waals surface area (Å²) in [6.45, 7) is 0.538. The van der Waals surface area contributed by atoms with Crippen molar-refractivity contribution in [2.75, 3.05) is 18.4 Å². The van der Waals surface area contributed by atoms with Crippen LogP contribution in [-0.2, 0) is 10.0 Å². The van der Waals surface area contributed by atoms with Crippen molar-refractivity contribution in [2.24, 2.45) is 0 Å². The maximum atomic E-state index is 11.9. The molecule has 0 unspecified atom stereocenters. The third kappa shape index (κ3) is 4.41. The van der Waals surface area contributed by atoms with Crippen molar-refractivity contribution >= 4 is 38.8 Å². The second-order valence-corrected chi connectivity index (χ2v) is 7.61. The fraction of sp³-hybridized carbons (Fsp3) is 0.167. The van der Waals surface area contributed by atoms with Crippen LogP contribution in [0.4, 0.5) is 5.82 Å². The summed E-state index contributed by atoms with van der Waals surface area (Å²) >= 11 is 6.72. The predicted octanol–water partition coefficient (Wildman–Crippen LogP) is 2.06. The van der Waals surface area contributed by atoms with Crippen LogP contribution in [0.15, 0.2) is 34.5 Å². The van der Waals surface area contributed by atoms with Crippen molar-refractivity contribution in [2.45, 2.75) is 4.21 Å². The van der Waals surface area contributed by atoms with Gasteiger partial charge in [-0.3, -0.25) is 0 Å². The van der Waals surface area contributed by atoms with Crippen LogP contribution in [0.1, 0.15) is 5.69 Å². The van der Waals surface area contributed by atoms with Crippen LogP contribution in [-0.4, -0.2) is 26.5 Å². The first kappa shape index (κ1) is 15.7. The van der Waals surface area contributed by atoms with Gasteiger partial charge in [0.15, 0.2) is 0 Å². The van der Waals surface area contributed by atoms with Gasteiger partial charge in [-0.25, -0.2) is 18.1 Å². The summed E-state index contributed by atoms with van der Waals surface area (Å²) in [5, 5.41) is 11.7. The number of pyridine rings is 1. The van der Waals surface area contributed by atoms with E-state index >= 15 is 0 Å². The standard InChI is InChI=1S/C12H11ClN4O2S2/c13-10-4-5-12(20-10)21(18,19)16-7-6-15-11-3-1-2-9(8-14)17-11/h1-5,16H,6-7H2,(H,15,17). The third-order valence-electron chi connectivity index (χ3n) is 2.40. The maximum Gasteiger partial charge on any atom is 0.250 e. The Morgan fingerprint density at radius 3 is 2.76 bits per heavy atom. The van der Waals surface area contributed by atoms with Crippen LogP contribution in [0.2, 0.25) is 4.34 Å². The van der Waals surface area contributed by atoms with Gasteiger partial charge in [-0.15, -0.1) is 11.3 Å². The quantitative estimate of drug-likeness (QED) is 0.783. The maximum absolute atomic E-state index is 11.9. The minimum absolute atomic E-state index is 0.178. The molecule has 110 valence electrons. The number of nitrogens with one attached hydrogen (secondary N) is 2. The molecule has 9 heteroatoms. The third-order valence-corrected chi connectivity index (χ3v) is 5.58. The van der Waals surface area contributed by atoms with Gasteiger partial charge in [0.2, 0.25) is 10.0 Å². The SMILES string of the molecule is N#Cc1cccc(NCCNS(=O)(=O)c2ccc(Cl)s2)n1. The van der Waals surface area contributed by atoms with E-state index in [0.717, 1.165) is 11.3 Å². The van der Waals surface area contributed by atoms with Crippen LogP contribution in [0.5, 0.6) is 0 Å². The van der Waals surface area contributed by atoms with Gasteiger partial charge in [-0.2, -0.15) is 5.26 Å². The molecule has 0 aliphatic carbocycles. The van der Waals surface area contributed by atoms with Gasteiger partial charge in [0.05, 0.1) is 4.34 Å². The first-order valence-electron chi connectivity index (χ1n) is 5.87. The van der Waals surface area contributed by atoms with E-state index in [4.69, 9.17) is 16.9 Å². The van der Waals surface area contributed by atoms with Gasteiger partial charge >= 0.3 is 0 Å². The number of nitrogens with zero attached hydrogens (tertiary/aromatic N) is 2. The summed E-state index contributed by atoms with van der Waals surface area (Å²) in [5.41, 5.74) is 0.300. The first-order valence-corrected chi connectivity index (χ1v) is 8.55. The van der Waals surface area contributed by atoms with Gasteiger partial charge in [-0.05, 0) is 24.3 Å². The fourth-order valence-corrected chi connectivity index (χ4v) is 4.04. The number of aromatic nitrogens is 1. The van der Waals surface area contributed by atoms with Crippen LogP contribution in [0.25, 0.3) is 0 Å². The van der Waals surface area contributed by atoms with E-state index in [1.165, 1.54) is 12.1 Å². The molecule has 0 bridgehead atoms. The van der Waals surface area contributed by atoms with Gasteiger partial charge < -0.3 is 5.32 Å². The lowest BCUT2D eigenvalue weighted by atomic mass is 10.3. The minimum Gasteiger partial charge on any atom is -0.369 e. The summed E-state index contributed by atoms with van der Waals surface area (Å²) < 4.78 is 26.9. The number of hydrogen-bond donors (Lipinski definition) is 2. The second-order valence-electron chi connectivity index (χ2n) is 3.90. The van der Waals surface area contributed by atoms with E-state index in [1.54, 1.807) is 18.2 Å². The average Bonchev–Trinajstić information content (AvgIpc) is 2.91. The summed E-state index contributed by atoms with van der Waals surface area (Å²) in [6.07, 6.45) is 0. The molecule has 0 aromatic carbocycles. The molecule has 0 saturated heterocycles. The van der Waals surface area contributed by atoms with E-state index in [1.807, 2.05) is 6.07 Å². The van der Waals surface area contributed by atoms with E-state index in [2.05, 4.69) is 15.0 Å². The Balaban J connectivity index is 1.86. The van der Waals surface area contributed by atoms with Gasteiger partial charge in [0, 0.05) is 13.1 Å². The molecule has 2 aromatic rings. The predicted molar refractivity (Wildman–Crippen MR) is 82.0 cm³/mol. The van der Waals surface area contributed by atoms with Gasteiger partial charge in [0.1, 0.15) is 21.8 Å². The van der Waals surface area contributed by atoms with Crippen LogP contribution in [0.3, 0.4) is 0 Å². The Bertz CT molecular complexity index is 768. The molecule has 6 nitrogen and oxygen atoms in total. The van der Waals surface area contributed by atoms with Crippen molar-refractivity contribution in [3.8, 4) is 6.07 Å². The molecule has 0 radical (unpaired) electrons. The molecule has 2 heterocycles. The molecule has 2 rings (SSSR count). The number of thiophene rings is 1.